The zero-order valence-electron chi connectivity index (χ0n) is 9.71. The molecule has 0 fully saturated rings. The Balaban J connectivity index is 2.53. The molecular weight excluding hydrogens is 392 g/mol. The van der Waals surface area contributed by atoms with Crippen molar-refractivity contribution in [3.8, 4) is 9.75 Å². The molecule has 2 rings (SSSR count). The van der Waals surface area contributed by atoms with Crippen molar-refractivity contribution in [1.82, 2.24) is 0 Å². The minimum atomic E-state index is 0.903. The van der Waals surface area contributed by atoms with Gasteiger partial charge >= 0.3 is 0 Å². The number of hydrogen-bond donors (Lipinski definition) is 0. The molecule has 0 amide bonds. The van der Waals surface area contributed by atoms with Crippen LogP contribution in [0.25, 0.3) is 9.75 Å². The Kier molecular flexibility index (Phi) is 5.01. The van der Waals surface area contributed by atoms with Crippen molar-refractivity contribution in [3.05, 3.63) is 56.1 Å². The van der Waals surface area contributed by atoms with Crippen LogP contribution in [0, 0.1) is 0 Å². The predicted molar refractivity (Wildman–Crippen MR) is 90.8 cm³/mol. The summed E-state index contributed by atoms with van der Waals surface area (Å²) in [5.41, 5.74) is 2.67. The first-order valence-electron chi connectivity index (χ1n) is 5.44. The van der Waals surface area contributed by atoms with E-state index in [0.29, 0.717) is 0 Å². The lowest BCUT2D eigenvalue weighted by molar-refractivity contribution is 1.28. The van der Waals surface area contributed by atoms with Crippen LogP contribution in [-0.4, -0.2) is 0 Å². The highest BCUT2D eigenvalue weighted by molar-refractivity contribution is 9.11. The van der Waals surface area contributed by atoms with Crippen molar-refractivity contribution in [2.75, 3.05) is 0 Å². The summed E-state index contributed by atoms with van der Waals surface area (Å²) in [7, 11) is 0. The molecule has 0 spiro atoms. The lowest BCUT2D eigenvalue weighted by atomic mass is 10.1. The summed E-state index contributed by atoms with van der Waals surface area (Å²) < 4.78 is 2.34. The summed E-state index contributed by atoms with van der Waals surface area (Å²) in [5.74, 6) is 0. The number of rotatable bonds is 5. The lowest BCUT2D eigenvalue weighted by Gasteiger charge is -2.01. The van der Waals surface area contributed by atoms with E-state index in [9.17, 15) is 0 Å². The van der Waals surface area contributed by atoms with Crippen LogP contribution in [0.4, 0.5) is 0 Å². The van der Waals surface area contributed by atoms with Crippen molar-refractivity contribution < 1.29 is 0 Å². The maximum Gasteiger partial charge on any atom is 0.0708 e. The highest BCUT2D eigenvalue weighted by Gasteiger charge is 2.15. The molecule has 94 valence electrons. The zero-order chi connectivity index (χ0) is 13.1. The van der Waals surface area contributed by atoms with Crippen LogP contribution < -0.4 is 0 Å². The highest BCUT2D eigenvalue weighted by Crippen LogP contribution is 2.43. The van der Waals surface area contributed by atoms with Crippen LogP contribution in [-0.2, 0) is 12.8 Å². The van der Waals surface area contributed by atoms with E-state index in [0.717, 1.165) is 12.8 Å². The monoisotopic (exact) mass is 402 g/mol. The number of allylic oxidation sites excluding steroid dienone is 2. The lowest BCUT2D eigenvalue weighted by Crippen LogP contribution is -1.83. The van der Waals surface area contributed by atoms with Crippen molar-refractivity contribution in [2.45, 2.75) is 12.8 Å². The van der Waals surface area contributed by atoms with Gasteiger partial charge in [-0.1, -0.05) is 12.2 Å². The average molecular weight is 404 g/mol. The summed E-state index contributed by atoms with van der Waals surface area (Å²) in [6, 6.07) is 4.37. The van der Waals surface area contributed by atoms with E-state index in [4.69, 9.17) is 0 Å². The zero-order valence-corrected chi connectivity index (χ0v) is 14.5. The van der Waals surface area contributed by atoms with E-state index in [-0.39, 0.29) is 0 Å². The molecule has 0 bridgehead atoms. The normalized spacial score (nSPS) is 10.6. The van der Waals surface area contributed by atoms with E-state index < -0.39 is 0 Å². The first-order valence-corrected chi connectivity index (χ1v) is 8.66. The van der Waals surface area contributed by atoms with Crippen molar-refractivity contribution in [2.24, 2.45) is 0 Å². The van der Waals surface area contributed by atoms with E-state index >= 15 is 0 Å². The van der Waals surface area contributed by atoms with E-state index in [1.165, 1.54) is 28.5 Å². The topological polar surface area (TPSA) is 0 Å². The van der Waals surface area contributed by atoms with Crippen molar-refractivity contribution in [3.63, 3.8) is 0 Å². The first-order chi connectivity index (χ1) is 8.65. The first kappa shape index (κ1) is 14.3. The van der Waals surface area contributed by atoms with Crippen LogP contribution in [0.1, 0.15) is 11.1 Å². The SMILES string of the molecule is C=CCc1cc(Br)sc1-c1sc(Br)cc1CC=C. The smallest absolute Gasteiger partial charge is 0.0708 e. The second kappa shape index (κ2) is 6.33. The highest BCUT2D eigenvalue weighted by atomic mass is 79.9. The molecule has 0 aliphatic heterocycles. The van der Waals surface area contributed by atoms with Crippen LogP contribution >= 0.6 is 54.5 Å². The van der Waals surface area contributed by atoms with Gasteiger partial charge in [0.2, 0.25) is 0 Å². The number of thiophene rings is 2. The van der Waals surface area contributed by atoms with Gasteiger partial charge < -0.3 is 0 Å². The van der Waals surface area contributed by atoms with Crippen LogP contribution in [0.5, 0.6) is 0 Å². The van der Waals surface area contributed by atoms with Gasteiger partial charge in [-0.15, -0.1) is 35.8 Å². The summed E-state index contributed by atoms with van der Waals surface area (Å²) in [6.07, 6.45) is 5.71. The maximum atomic E-state index is 3.83. The van der Waals surface area contributed by atoms with Gasteiger partial charge in [0.25, 0.3) is 0 Å². The van der Waals surface area contributed by atoms with Crippen LogP contribution in [0.3, 0.4) is 0 Å². The van der Waals surface area contributed by atoms with Crippen LogP contribution in [0.15, 0.2) is 45.0 Å². The standard InChI is InChI=1S/C14H12Br2S2/c1-3-5-9-7-11(15)17-13(9)14-10(6-4-2)8-12(16)18-14/h3-4,7-8H,1-2,5-6H2. The molecule has 0 radical (unpaired) electrons. The molecule has 4 heteroatoms. The molecule has 0 nitrogen and oxygen atoms in total. The van der Waals surface area contributed by atoms with Gasteiger partial charge in [-0.25, -0.2) is 0 Å². The van der Waals surface area contributed by atoms with Gasteiger partial charge in [0, 0.05) is 9.75 Å². The Morgan fingerprint density at radius 1 is 0.889 bits per heavy atom. The third-order valence-electron chi connectivity index (χ3n) is 2.49. The van der Waals surface area contributed by atoms with Gasteiger partial charge in [-0.3, -0.25) is 0 Å². The van der Waals surface area contributed by atoms with Gasteiger partial charge in [-0.2, -0.15) is 0 Å². The second-order valence-corrected chi connectivity index (χ2v) is 8.66. The summed E-state index contributed by atoms with van der Waals surface area (Å²) >= 11 is 10.7. The fourth-order valence-electron chi connectivity index (χ4n) is 1.79. The predicted octanol–water partition coefficient (Wildman–Crippen LogP) is 6.46. The Bertz CT molecular complexity index is 526. The molecule has 2 aromatic rings. The fraction of sp³-hybridized carbons (Fsp3) is 0.143. The average Bonchev–Trinajstić information content (AvgIpc) is 2.83. The van der Waals surface area contributed by atoms with Crippen molar-refractivity contribution >= 4 is 54.5 Å². The molecule has 18 heavy (non-hydrogen) atoms. The quantitative estimate of drug-likeness (QED) is 0.502. The molecule has 0 saturated heterocycles. The molecule has 0 unspecified atom stereocenters. The molecular formula is C14H12Br2S2. The van der Waals surface area contributed by atoms with Gasteiger partial charge in [0.15, 0.2) is 0 Å². The molecule has 0 atom stereocenters. The molecule has 2 aromatic heterocycles. The third kappa shape index (κ3) is 3.05. The summed E-state index contributed by atoms with van der Waals surface area (Å²) in [4.78, 5) is 2.68. The van der Waals surface area contributed by atoms with Gasteiger partial charge in [0.05, 0.1) is 7.57 Å². The largest absolute Gasteiger partial charge is 0.127 e. The summed E-state index contributed by atoms with van der Waals surface area (Å²) in [6.45, 7) is 7.66. The second-order valence-electron chi connectivity index (χ2n) is 3.80. The Labute approximate surface area is 132 Å². The molecule has 0 N–H and O–H groups in total. The maximum absolute atomic E-state index is 3.83. The Morgan fingerprint density at radius 2 is 1.28 bits per heavy atom. The number of halogens is 2. The fourth-order valence-corrected chi connectivity index (χ4v) is 5.35. The molecule has 0 aromatic carbocycles. The van der Waals surface area contributed by atoms with Crippen LogP contribution in [0.2, 0.25) is 0 Å². The number of hydrogen-bond acceptors (Lipinski definition) is 2. The Hall–Kier alpha value is -0.160. The van der Waals surface area contributed by atoms with E-state index in [2.05, 4.69) is 57.2 Å². The van der Waals surface area contributed by atoms with Gasteiger partial charge in [0.1, 0.15) is 0 Å². The molecule has 0 aliphatic rings. The van der Waals surface area contributed by atoms with E-state index in [1.807, 2.05) is 12.2 Å². The van der Waals surface area contributed by atoms with Crippen molar-refractivity contribution in [1.29, 1.82) is 0 Å². The van der Waals surface area contributed by atoms with Gasteiger partial charge in [-0.05, 0) is 68.0 Å². The molecule has 0 saturated carbocycles. The van der Waals surface area contributed by atoms with E-state index in [1.54, 1.807) is 22.7 Å². The minimum Gasteiger partial charge on any atom is -0.127 e. The molecule has 0 aliphatic carbocycles. The minimum absolute atomic E-state index is 0.903. The third-order valence-corrected chi connectivity index (χ3v) is 6.02. The molecule has 2 heterocycles. The Morgan fingerprint density at radius 3 is 1.61 bits per heavy atom. The summed E-state index contributed by atoms with van der Waals surface area (Å²) in [5, 5.41) is 0.